The van der Waals surface area contributed by atoms with Gasteiger partial charge in [-0.3, -0.25) is 9.59 Å². The minimum Gasteiger partial charge on any atom is -0.481 e. The Labute approximate surface area is 64.2 Å². The topological polar surface area (TPSA) is 63.6 Å². The number of hydrogen-bond acceptors (Lipinski definition) is 3. The molecule has 2 atom stereocenters. The highest BCUT2D eigenvalue weighted by molar-refractivity contribution is 5.89. The molecule has 1 N–H and O–H groups in total. The van der Waals surface area contributed by atoms with Crippen molar-refractivity contribution < 1.29 is 19.4 Å². The number of methoxy groups -OCH3 is 1. The number of aliphatic carboxylic acids is 1. The van der Waals surface area contributed by atoms with Crippen molar-refractivity contribution in [2.45, 2.75) is 13.3 Å². The highest BCUT2D eigenvalue weighted by Gasteiger charge is 2.61. The lowest BCUT2D eigenvalue weighted by molar-refractivity contribution is -0.149. The SMILES string of the molecule is COC(=O)C1CC1(C)C(=O)O. The van der Waals surface area contributed by atoms with E-state index in [9.17, 15) is 9.59 Å². The molecule has 1 saturated carbocycles. The average molecular weight is 158 g/mol. The molecule has 0 aromatic carbocycles. The molecule has 1 aliphatic carbocycles. The molecule has 0 amide bonds. The molecule has 2 unspecified atom stereocenters. The van der Waals surface area contributed by atoms with Gasteiger partial charge in [-0.05, 0) is 13.3 Å². The average Bonchev–Trinajstić information content (AvgIpc) is 2.63. The Morgan fingerprint density at radius 2 is 2.18 bits per heavy atom. The van der Waals surface area contributed by atoms with Crippen LogP contribution in [0.4, 0.5) is 0 Å². The summed E-state index contributed by atoms with van der Waals surface area (Å²) in [5.41, 5.74) is -0.868. The largest absolute Gasteiger partial charge is 0.481 e. The number of hydrogen-bond donors (Lipinski definition) is 1. The minimum absolute atomic E-state index is 0.398. The molecule has 0 bridgehead atoms. The van der Waals surface area contributed by atoms with Gasteiger partial charge in [-0.15, -0.1) is 0 Å². The summed E-state index contributed by atoms with van der Waals surface area (Å²) in [5.74, 6) is -1.78. The lowest BCUT2D eigenvalue weighted by Crippen LogP contribution is -2.17. The van der Waals surface area contributed by atoms with Crippen LogP contribution in [0.2, 0.25) is 0 Å². The Balaban J connectivity index is 2.60. The van der Waals surface area contributed by atoms with Crippen molar-refractivity contribution >= 4 is 11.9 Å². The Hall–Kier alpha value is -1.06. The molecule has 1 rings (SSSR count). The van der Waals surface area contributed by atoms with Gasteiger partial charge in [-0.1, -0.05) is 0 Å². The van der Waals surface area contributed by atoms with Crippen LogP contribution in [0.5, 0.6) is 0 Å². The zero-order valence-corrected chi connectivity index (χ0v) is 6.46. The summed E-state index contributed by atoms with van der Waals surface area (Å²) in [5, 5.41) is 8.62. The predicted molar refractivity (Wildman–Crippen MR) is 35.9 cm³/mol. The number of carboxylic acid groups (broad SMARTS) is 1. The maximum atomic E-state index is 10.8. The molecular formula is C7H10O4. The summed E-state index contributed by atoms with van der Waals surface area (Å²) in [4.78, 5) is 21.3. The molecule has 0 aliphatic heterocycles. The monoisotopic (exact) mass is 158 g/mol. The zero-order chi connectivity index (χ0) is 8.65. The molecule has 1 fully saturated rings. The van der Waals surface area contributed by atoms with E-state index in [1.165, 1.54) is 7.11 Å². The van der Waals surface area contributed by atoms with Crippen LogP contribution in [0.1, 0.15) is 13.3 Å². The number of esters is 1. The van der Waals surface area contributed by atoms with E-state index in [4.69, 9.17) is 5.11 Å². The Kier molecular flexibility index (Phi) is 1.62. The summed E-state index contributed by atoms with van der Waals surface area (Å²) in [6.45, 7) is 1.55. The van der Waals surface area contributed by atoms with E-state index in [0.29, 0.717) is 6.42 Å². The van der Waals surface area contributed by atoms with Gasteiger partial charge in [-0.2, -0.15) is 0 Å². The fourth-order valence-corrected chi connectivity index (χ4v) is 1.09. The Bertz CT molecular complexity index is 210. The molecule has 0 saturated heterocycles. The lowest BCUT2D eigenvalue weighted by Gasteiger charge is -2.01. The second-order valence-electron chi connectivity index (χ2n) is 3.00. The van der Waals surface area contributed by atoms with Crippen LogP contribution in [0, 0.1) is 11.3 Å². The third kappa shape index (κ3) is 1.08. The lowest BCUT2D eigenvalue weighted by atomic mass is 10.1. The first kappa shape index (κ1) is 8.04. The number of carboxylic acids is 1. The van der Waals surface area contributed by atoms with Crippen LogP contribution >= 0.6 is 0 Å². The van der Waals surface area contributed by atoms with Gasteiger partial charge in [0.15, 0.2) is 0 Å². The van der Waals surface area contributed by atoms with Gasteiger partial charge in [-0.25, -0.2) is 0 Å². The molecule has 0 spiro atoms. The van der Waals surface area contributed by atoms with Crippen molar-refractivity contribution in [1.29, 1.82) is 0 Å². The first-order chi connectivity index (χ1) is 5.02. The van der Waals surface area contributed by atoms with E-state index in [1.807, 2.05) is 0 Å². The molecular weight excluding hydrogens is 148 g/mol. The van der Waals surface area contributed by atoms with Crippen molar-refractivity contribution in [3.8, 4) is 0 Å². The number of carbonyl (C=O) groups is 2. The fraction of sp³-hybridized carbons (Fsp3) is 0.714. The van der Waals surface area contributed by atoms with Crippen molar-refractivity contribution in [2.24, 2.45) is 11.3 Å². The number of carbonyl (C=O) groups excluding carboxylic acids is 1. The van der Waals surface area contributed by atoms with Crippen LogP contribution in [0.25, 0.3) is 0 Å². The molecule has 0 radical (unpaired) electrons. The molecule has 0 heterocycles. The van der Waals surface area contributed by atoms with Crippen molar-refractivity contribution in [1.82, 2.24) is 0 Å². The van der Waals surface area contributed by atoms with Crippen molar-refractivity contribution in [3.05, 3.63) is 0 Å². The standard InChI is InChI=1S/C7H10O4/c1-7(6(9)10)3-4(7)5(8)11-2/h4H,3H2,1-2H3,(H,9,10). The summed E-state index contributed by atoms with van der Waals surface area (Å²) >= 11 is 0. The summed E-state index contributed by atoms with van der Waals surface area (Å²) in [6.07, 6.45) is 0.398. The third-order valence-corrected chi connectivity index (χ3v) is 2.21. The third-order valence-electron chi connectivity index (χ3n) is 2.21. The highest BCUT2D eigenvalue weighted by Crippen LogP contribution is 2.52. The zero-order valence-electron chi connectivity index (χ0n) is 6.46. The van der Waals surface area contributed by atoms with Crippen molar-refractivity contribution in [3.63, 3.8) is 0 Å². The van der Waals surface area contributed by atoms with Crippen LogP contribution in [-0.2, 0) is 14.3 Å². The summed E-state index contributed by atoms with van der Waals surface area (Å²) in [7, 11) is 1.27. The van der Waals surface area contributed by atoms with Crippen LogP contribution in [0.3, 0.4) is 0 Å². The van der Waals surface area contributed by atoms with E-state index in [1.54, 1.807) is 6.92 Å². The number of ether oxygens (including phenoxy) is 1. The predicted octanol–water partition coefficient (Wildman–Crippen LogP) is 0.270. The van der Waals surface area contributed by atoms with Gasteiger partial charge >= 0.3 is 11.9 Å². The van der Waals surface area contributed by atoms with E-state index in [-0.39, 0.29) is 0 Å². The van der Waals surface area contributed by atoms with Gasteiger partial charge in [0, 0.05) is 0 Å². The maximum absolute atomic E-state index is 10.8. The van der Waals surface area contributed by atoms with E-state index in [0.717, 1.165) is 0 Å². The molecule has 62 valence electrons. The Morgan fingerprint density at radius 1 is 1.64 bits per heavy atom. The quantitative estimate of drug-likeness (QED) is 0.586. The maximum Gasteiger partial charge on any atom is 0.310 e. The first-order valence-electron chi connectivity index (χ1n) is 3.33. The first-order valence-corrected chi connectivity index (χ1v) is 3.33. The Morgan fingerprint density at radius 3 is 2.45 bits per heavy atom. The van der Waals surface area contributed by atoms with Crippen LogP contribution < -0.4 is 0 Å². The van der Waals surface area contributed by atoms with E-state index >= 15 is 0 Å². The normalized spacial score (nSPS) is 34.5. The number of rotatable bonds is 2. The highest BCUT2D eigenvalue weighted by atomic mass is 16.5. The van der Waals surface area contributed by atoms with Gasteiger partial charge in [0.25, 0.3) is 0 Å². The van der Waals surface area contributed by atoms with E-state index < -0.39 is 23.3 Å². The van der Waals surface area contributed by atoms with Gasteiger partial charge in [0.1, 0.15) is 0 Å². The van der Waals surface area contributed by atoms with Crippen molar-refractivity contribution in [2.75, 3.05) is 7.11 Å². The molecule has 0 aromatic rings. The summed E-state index contributed by atoms with van der Waals surface area (Å²) < 4.78 is 4.42. The molecule has 11 heavy (non-hydrogen) atoms. The van der Waals surface area contributed by atoms with Gasteiger partial charge < -0.3 is 9.84 Å². The molecule has 1 aliphatic rings. The minimum atomic E-state index is -0.923. The molecule has 0 aromatic heterocycles. The van der Waals surface area contributed by atoms with Gasteiger partial charge in [0.05, 0.1) is 18.4 Å². The smallest absolute Gasteiger partial charge is 0.310 e. The van der Waals surface area contributed by atoms with Gasteiger partial charge in [0.2, 0.25) is 0 Å². The fourth-order valence-electron chi connectivity index (χ4n) is 1.09. The van der Waals surface area contributed by atoms with Crippen LogP contribution in [-0.4, -0.2) is 24.2 Å². The molecule has 4 heteroatoms. The summed E-state index contributed by atoms with van der Waals surface area (Å²) in [6, 6.07) is 0. The van der Waals surface area contributed by atoms with Crippen LogP contribution in [0.15, 0.2) is 0 Å². The molecule has 4 nitrogen and oxygen atoms in total. The van der Waals surface area contributed by atoms with E-state index in [2.05, 4.69) is 4.74 Å². The second kappa shape index (κ2) is 2.22. The second-order valence-corrected chi connectivity index (χ2v) is 3.00.